The zero-order chi connectivity index (χ0) is 18.4. The number of ether oxygens (including phenoxy) is 2. The lowest BCUT2D eigenvalue weighted by Gasteiger charge is -2.23. The first-order chi connectivity index (χ1) is 12.0. The van der Waals surface area contributed by atoms with Gasteiger partial charge in [0.15, 0.2) is 17.5 Å². The summed E-state index contributed by atoms with van der Waals surface area (Å²) in [5, 5.41) is 3.39. The zero-order valence-electron chi connectivity index (χ0n) is 15.3. The molecule has 7 heteroatoms. The van der Waals surface area contributed by atoms with Crippen LogP contribution in [0, 0.1) is 0 Å². The van der Waals surface area contributed by atoms with E-state index in [9.17, 15) is 0 Å². The van der Waals surface area contributed by atoms with Gasteiger partial charge < -0.3 is 24.3 Å². The number of nitrogens with zero attached hydrogens (tertiary/aromatic N) is 3. The third-order valence-electron chi connectivity index (χ3n) is 4.01. The quantitative estimate of drug-likeness (QED) is 0.589. The number of aryl methyl sites for hydroxylation is 1. The average molecular weight is 409 g/mol. The van der Waals surface area contributed by atoms with Crippen LogP contribution in [0.1, 0.15) is 11.3 Å². The molecule has 0 saturated heterocycles. The standard InChI is InChI=1S/C18H25BrN4O2/c1-20-18(23(3)12-14-7-6-8-22(14)2)21-11-13-9-16(24-4)17(25-5)10-15(13)19/h6-10H,11-12H2,1-5H3,(H,20,21). The summed E-state index contributed by atoms with van der Waals surface area (Å²) in [5.74, 6) is 2.22. The summed E-state index contributed by atoms with van der Waals surface area (Å²) < 4.78 is 13.8. The molecule has 2 rings (SSSR count). The van der Waals surface area contributed by atoms with Crippen LogP contribution in [-0.2, 0) is 20.1 Å². The second kappa shape index (κ2) is 8.80. The molecule has 1 aromatic carbocycles. The van der Waals surface area contributed by atoms with E-state index in [2.05, 4.69) is 41.8 Å². The second-order valence-electron chi connectivity index (χ2n) is 5.67. The van der Waals surface area contributed by atoms with E-state index in [4.69, 9.17) is 9.47 Å². The summed E-state index contributed by atoms with van der Waals surface area (Å²) in [6.07, 6.45) is 2.04. The van der Waals surface area contributed by atoms with Crippen molar-refractivity contribution in [2.45, 2.75) is 13.1 Å². The van der Waals surface area contributed by atoms with Gasteiger partial charge in [-0.2, -0.15) is 0 Å². The third kappa shape index (κ3) is 4.69. The molecule has 0 spiro atoms. The van der Waals surface area contributed by atoms with E-state index in [0.29, 0.717) is 18.0 Å². The number of guanidine groups is 1. The van der Waals surface area contributed by atoms with Crippen LogP contribution in [0.25, 0.3) is 0 Å². The number of hydrogen-bond acceptors (Lipinski definition) is 3. The first kappa shape index (κ1) is 19.2. The van der Waals surface area contributed by atoms with Crippen molar-refractivity contribution in [3.05, 3.63) is 46.2 Å². The van der Waals surface area contributed by atoms with Crippen molar-refractivity contribution in [2.24, 2.45) is 12.0 Å². The van der Waals surface area contributed by atoms with Gasteiger partial charge in [0.2, 0.25) is 0 Å². The fraction of sp³-hybridized carbons (Fsp3) is 0.389. The molecule has 6 nitrogen and oxygen atoms in total. The van der Waals surface area contributed by atoms with E-state index in [1.165, 1.54) is 5.69 Å². The molecule has 0 atom stereocenters. The fourth-order valence-electron chi connectivity index (χ4n) is 2.57. The SMILES string of the molecule is CN=C(NCc1cc(OC)c(OC)cc1Br)N(C)Cc1cccn1C. The summed E-state index contributed by atoms with van der Waals surface area (Å²) in [7, 11) is 9.11. The molecule has 0 aliphatic rings. The molecule has 136 valence electrons. The number of rotatable bonds is 6. The van der Waals surface area contributed by atoms with E-state index in [-0.39, 0.29) is 0 Å². The number of hydrogen-bond donors (Lipinski definition) is 1. The molecule has 2 aromatic rings. The maximum atomic E-state index is 5.38. The Morgan fingerprint density at radius 2 is 1.96 bits per heavy atom. The molecule has 0 bridgehead atoms. The van der Waals surface area contributed by atoms with E-state index in [0.717, 1.165) is 22.5 Å². The Labute approximate surface area is 157 Å². The fourth-order valence-corrected chi connectivity index (χ4v) is 3.03. The van der Waals surface area contributed by atoms with Gasteiger partial charge in [0.25, 0.3) is 0 Å². The summed E-state index contributed by atoms with van der Waals surface area (Å²) in [6.45, 7) is 1.39. The minimum absolute atomic E-state index is 0.616. The Balaban J connectivity index is 2.07. The Morgan fingerprint density at radius 3 is 2.52 bits per heavy atom. The molecule has 0 aliphatic heterocycles. The minimum Gasteiger partial charge on any atom is -0.493 e. The molecule has 25 heavy (non-hydrogen) atoms. The third-order valence-corrected chi connectivity index (χ3v) is 4.75. The van der Waals surface area contributed by atoms with Crippen LogP contribution in [0.2, 0.25) is 0 Å². The van der Waals surface area contributed by atoms with Gasteiger partial charge in [-0.05, 0) is 29.8 Å². The highest BCUT2D eigenvalue weighted by Gasteiger charge is 2.12. The zero-order valence-corrected chi connectivity index (χ0v) is 16.9. The lowest BCUT2D eigenvalue weighted by Crippen LogP contribution is -2.38. The monoisotopic (exact) mass is 408 g/mol. The van der Waals surface area contributed by atoms with Crippen molar-refractivity contribution in [3.63, 3.8) is 0 Å². The summed E-state index contributed by atoms with van der Waals surface area (Å²) in [6, 6.07) is 8.02. The van der Waals surface area contributed by atoms with Crippen LogP contribution < -0.4 is 14.8 Å². The number of benzene rings is 1. The summed E-state index contributed by atoms with van der Waals surface area (Å²) in [4.78, 5) is 6.46. The van der Waals surface area contributed by atoms with Crippen LogP contribution in [0.4, 0.5) is 0 Å². The van der Waals surface area contributed by atoms with E-state index in [1.54, 1.807) is 21.3 Å². The number of nitrogens with one attached hydrogen (secondary N) is 1. The number of halogens is 1. The smallest absolute Gasteiger partial charge is 0.194 e. The van der Waals surface area contributed by atoms with Gasteiger partial charge in [0.05, 0.1) is 20.8 Å². The van der Waals surface area contributed by atoms with Crippen LogP contribution in [0.3, 0.4) is 0 Å². The maximum absolute atomic E-state index is 5.38. The van der Waals surface area contributed by atoms with Crippen molar-refractivity contribution in [1.82, 2.24) is 14.8 Å². The molecule has 1 N–H and O–H groups in total. The molecular weight excluding hydrogens is 384 g/mol. The van der Waals surface area contributed by atoms with E-state index < -0.39 is 0 Å². The number of methoxy groups -OCH3 is 2. The van der Waals surface area contributed by atoms with Crippen molar-refractivity contribution in [3.8, 4) is 11.5 Å². The average Bonchev–Trinajstić information content (AvgIpc) is 3.01. The van der Waals surface area contributed by atoms with Crippen molar-refractivity contribution >= 4 is 21.9 Å². The Bertz CT molecular complexity index is 743. The normalized spacial score (nSPS) is 11.4. The Hall–Kier alpha value is -2.15. The predicted molar refractivity (Wildman–Crippen MR) is 104 cm³/mol. The number of aliphatic imine (C=N–C) groups is 1. The molecule has 0 amide bonds. The van der Waals surface area contributed by atoms with Crippen LogP contribution in [-0.4, -0.2) is 43.7 Å². The molecule has 0 saturated carbocycles. The van der Waals surface area contributed by atoms with Gasteiger partial charge in [-0.25, -0.2) is 0 Å². The molecule has 0 unspecified atom stereocenters. The first-order valence-electron chi connectivity index (χ1n) is 7.92. The molecular formula is C18H25BrN4O2. The highest BCUT2D eigenvalue weighted by atomic mass is 79.9. The lowest BCUT2D eigenvalue weighted by atomic mass is 10.2. The molecule has 0 fully saturated rings. The largest absolute Gasteiger partial charge is 0.493 e. The maximum Gasteiger partial charge on any atom is 0.194 e. The van der Waals surface area contributed by atoms with Crippen LogP contribution in [0.15, 0.2) is 39.9 Å². The lowest BCUT2D eigenvalue weighted by molar-refractivity contribution is 0.354. The van der Waals surface area contributed by atoms with Gasteiger partial charge in [0.1, 0.15) is 0 Å². The van der Waals surface area contributed by atoms with Gasteiger partial charge in [0, 0.05) is 44.1 Å². The highest BCUT2D eigenvalue weighted by Crippen LogP contribution is 2.33. The van der Waals surface area contributed by atoms with E-state index in [1.807, 2.05) is 38.5 Å². The molecule has 0 aliphatic carbocycles. The summed E-state index contributed by atoms with van der Waals surface area (Å²) >= 11 is 3.59. The van der Waals surface area contributed by atoms with Crippen molar-refractivity contribution < 1.29 is 9.47 Å². The van der Waals surface area contributed by atoms with Gasteiger partial charge in [-0.1, -0.05) is 15.9 Å². The predicted octanol–water partition coefficient (Wildman–Crippen LogP) is 3.01. The minimum atomic E-state index is 0.616. The molecule has 1 aromatic heterocycles. The first-order valence-corrected chi connectivity index (χ1v) is 8.71. The highest BCUT2D eigenvalue weighted by molar-refractivity contribution is 9.10. The van der Waals surface area contributed by atoms with Crippen LogP contribution in [0.5, 0.6) is 11.5 Å². The van der Waals surface area contributed by atoms with Gasteiger partial charge >= 0.3 is 0 Å². The van der Waals surface area contributed by atoms with Gasteiger partial charge in [-0.3, -0.25) is 4.99 Å². The topological polar surface area (TPSA) is 51.0 Å². The van der Waals surface area contributed by atoms with Gasteiger partial charge in [-0.15, -0.1) is 0 Å². The number of aromatic nitrogens is 1. The molecule has 0 radical (unpaired) electrons. The van der Waals surface area contributed by atoms with Crippen molar-refractivity contribution in [1.29, 1.82) is 0 Å². The van der Waals surface area contributed by atoms with E-state index >= 15 is 0 Å². The second-order valence-corrected chi connectivity index (χ2v) is 6.52. The summed E-state index contributed by atoms with van der Waals surface area (Å²) in [5.41, 5.74) is 2.28. The molecule has 1 heterocycles. The Morgan fingerprint density at radius 1 is 1.28 bits per heavy atom. The Kier molecular flexibility index (Phi) is 6.75. The van der Waals surface area contributed by atoms with Crippen molar-refractivity contribution in [2.75, 3.05) is 28.3 Å². The van der Waals surface area contributed by atoms with Crippen LogP contribution >= 0.6 is 15.9 Å².